The Kier molecular flexibility index (Phi) is 6.44. The maximum absolute atomic E-state index is 11.1. The highest BCUT2D eigenvalue weighted by Crippen LogP contribution is 2.34. The van der Waals surface area contributed by atoms with Gasteiger partial charge in [-0.05, 0) is 77.2 Å². The first-order chi connectivity index (χ1) is 15.6. The molecule has 0 saturated carbocycles. The van der Waals surface area contributed by atoms with Crippen LogP contribution in [0.2, 0.25) is 0 Å². The maximum atomic E-state index is 11.1. The van der Waals surface area contributed by atoms with Crippen molar-refractivity contribution in [3.8, 4) is 11.4 Å². The van der Waals surface area contributed by atoms with E-state index in [-0.39, 0.29) is 0 Å². The summed E-state index contributed by atoms with van der Waals surface area (Å²) in [6.07, 6.45) is 9.76. The van der Waals surface area contributed by atoms with Crippen molar-refractivity contribution in [2.24, 2.45) is 0 Å². The lowest BCUT2D eigenvalue weighted by Crippen LogP contribution is -2.40. The van der Waals surface area contributed by atoms with Crippen LogP contribution in [0, 0.1) is 0 Å². The summed E-state index contributed by atoms with van der Waals surface area (Å²) in [6.45, 7) is 7.75. The first-order valence-corrected chi connectivity index (χ1v) is 12.5. The quantitative estimate of drug-likeness (QED) is 0.751. The SMILES string of the molecule is CN1CCC(O)(c2ccc(-c3ncc4c(n3)N(CCCN3CCCC3)CCC4)cc2)CC1. The highest BCUT2D eigenvalue weighted by molar-refractivity contribution is 5.60. The second kappa shape index (κ2) is 9.46. The zero-order chi connectivity index (χ0) is 22.0. The molecule has 4 heterocycles. The number of nitrogens with zero attached hydrogens (tertiary/aromatic N) is 5. The number of piperidine rings is 1. The number of likely N-dealkylation sites (tertiary alicyclic amines) is 2. The van der Waals surface area contributed by atoms with Gasteiger partial charge in [0, 0.05) is 43.5 Å². The fraction of sp³-hybridized carbons (Fsp3) is 0.615. The summed E-state index contributed by atoms with van der Waals surface area (Å²) in [5.74, 6) is 1.91. The van der Waals surface area contributed by atoms with Crippen LogP contribution in [0.3, 0.4) is 0 Å². The summed E-state index contributed by atoms with van der Waals surface area (Å²) in [4.78, 5) is 17.1. The molecule has 172 valence electrons. The van der Waals surface area contributed by atoms with Gasteiger partial charge in [-0.15, -0.1) is 0 Å². The van der Waals surface area contributed by atoms with Crippen LogP contribution in [-0.2, 0) is 12.0 Å². The minimum Gasteiger partial charge on any atom is -0.385 e. The van der Waals surface area contributed by atoms with E-state index < -0.39 is 5.60 Å². The number of benzene rings is 1. The molecule has 3 aliphatic rings. The Morgan fingerprint density at radius 2 is 1.69 bits per heavy atom. The number of aliphatic hydroxyl groups is 1. The second-order valence-corrected chi connectivity index (χ2v) is 9.95. The van der Waals surface area contributed by atoms with E-state index in [4.69, 9.17) is 9.97 Å². The first-order valence-electron chi connectivity index (χ1n) is 12.5. The van der Waals surface area contributed by atoms with Gasteiger partial charge in [0.1, 0.15) is 5.82 Å². The Morgan fingerprint density at radius 3 is 2.44 bits per heavy atom. The monoisotopic (exact) mass is 435 g/mol. The summed E-state index contributed by atoms with van der Waals surface area (Å²) < 4.78 is 0. The highest BCUT2D eigenvalue weighted by atomic mass is 16.3. The average molecular weight is 436 g/mol. The summed E-state index contributed by atoms with van der Waals surface area (Å²) in [5, 5.41) is 11.1. The van der Waals surface area contributed by atoms with Crippen LogP contribution in [0.4, 0.5) is 5.82 Å². The molecule has 2 saturated heterocycles. The minimum atomic E-state index is -0.714. The van der Waals surface area contributed by atoms with E-state index in [1.54, 1.807) is 0 Å². The summed E-state index contributed by atoms with van der Waals surface area (Å²) >= 11 is 0. The lowest BCUT2D eigenvalue weighted by atomic mass is 9.84. The highest BCUT2D eigenvalue weighted by Gasteiger charge is 2.33. The molecule has 1 N–H and O–H groups in total. The molecular formula is C26H37N5O. The molecule has 6 nitrogen and oxygen atoms in total. The van der Waals surface area contributed by atoms with Crippen molar-refractivity contribution < 1.29 is 5.11 Å². The number of anilines is 1. The number of hydrogen-bond acceptors (Lipinski definition) is 6. The van der Waals surface area contributed by atoms with Crippen molar-refractivity contribution in [3.05, 3.63) is 41.6 Å². The molecule has 3 aliphatic heterocycles. The third-order valence-corrected chi connectivity index (χ3v) is 7.61. The minimum absolute atomic E-state index is 0.714. The topological polar surface area (TPSA) is 55.7 Å². The molecule has 5 rings (SSSR count). The largest absolute Gasteiger partial charge is 0.385 e. The Morgan fingerprint density at radius 1 is 0.938 bits per heavy atom. The van der Waals surface area contributed by atoms with Gasteiger partial charge in [0.2, 0.25) is 0 Å². The van der Waals surface area contributed by atoms with Gasteiger partial charge in [0.15, 0.2) is 5.82 Å². The lowest BCUT2D eigenvalue weighted by molar-refractivity contribution is -0.0203. The number of fused-ring (bicyclic) bond motifs is 1. The van der Waals surface area contributed by atoms with Crippen molar-refractivity contribution in [2.45, 2.75) is 50.5 Å². The van der Waals surface area contributed by atoms with E-state index in [9.17, 15) is 5.11 Å². The average Bonchev–Trinajstić information content (AvgIpc) is 3.35. The molecular weight excluding hydrogens is 398 g/mol. The summed E-state index contributed by atoms with van der Waals surface area (Å²) in [5.41, 5.74) is 2.60. The summed E-state index contributed by atoms with van der Waals surface area (Å²) in [6, 6.07) is 8.29. The lowest BCUT2D eigenvalue weighted by Gasteiger charge is -2.37. The molecule has 6 heteroatoms. The van der Waals surface area contributed by atoms with Crippen molar-refractivity contribution in [1.82, 2.24) is 19.8 Å². The zero-order valence-electron chi connectivity index (χ0n) is 19.5. The van der Waals surface area contributed by atoms with Crippen LogP contribution < -0.4 is 4.90 Å². The normalized spacial score (nSPS) is 21.6. The van der Waals surface area contributed by atoms with Crippen LogP contribution in [0.15, 0.2) is 30.5 Å². The predicted octanol–water partition coefficient (Wildman–Crippen LogP) is 3.30. The Labute approximate surface area is 192 Å². The molecule has 2 aromatic rings. The molecule has 0 bridgehead atoms. The zero-order valence-corrected chi connectivity index (χ0v) is 19.5. The first kappa shape index (κ1) is 21.8. The number of hydrogen-bond donors (Lipinski definition) is 1. The van der Waals surface area contributed by atoms with Crippen LogP contribution in [0.5, 0.6) is 0 Å². The predicted molar refractivity (Wildman–Crippen MR) is 129 cm³/mol. The number of rotatable bonds is 6. The van der Waals surface area contributed by atoms with E-state index in [2.05, 4.69) is 46.0 Å². The number of aromatic nitrogens is 2. The van der Waals surface area contributed by atoms with E-state index in [0.717, 1.165) is 68.2 Å². The second-order valence-electron chi connectivity index (χ2n) is 9.95. The Hall–Kier alpha value is -2.02. The number of aryl methyl sites for hydroxylation is 1. The van der Waals surface area contributed by atoms with Crippen molar-refractivity contribution in [1.29, 1.82) is 0 Å². The molecule has 0 spiro atoms. The molecule has 0 unspecified atom stereocenters. The van der Waals surface area contributed by atoms with Gasteiger partial charge in [-0.2, -0.15) is 0 Å². The van der Waals surface area contributed by atoms with Crippen molar-refractivity contribution in [2.75, 3.05) is 57.8 Å². The smallest absolute Gasteiger partial charge is 0.161 e. The van der Waals surface area contributed by atoms with Gasteiger partial charge in [-0.25, -0.2) is 9.97 Å². The van der Waals surface area contributed by atoms with Gasteiger partial charge in [-0.1, -0.05) is 24.3 Å². The van der Waals surface area contributed by atoms with E-state index in [1.807, 2.05) is 6.20 Å². The van der Waals surface area contributed by atoms with Crippen LogP contribution in [-0.4, -0.2) is 77.7 Å². The fourth-order valence-electron chi connectivity index (χ4n) is 5.47. The van der Waals surface area contributed by atoms with E-state index in [0.29, 0.717) is 0 Å². The molecule has 0 radical (unpaired) electrons. The molecule has 1 aromatic heterocycles. The molecule has 0 atom stereocenters. The van der Waals surface area contributed by atoms with Gasteiger partial charge in [0.05, 0.1) is 5.60 Å². The summed E-state index contributed by atoms with van der Waals surface area (Å²) in [7, 11) is 2.12. The van der Waals surface area contributed by atoms with Gasteiger partial charge in [-0.3, -0.25) is 0 Å². The standard InChI is InChI=1S/C26H37N5O/c1-29-18-11-26(32,12-19-29)23-9-7-21(8-10-23)24-27-20-22-6-4-16-31(25(22)28-24)17-5-15-30-13-2-3-14-30/h7-10,20,32H,2-6,11-19H2,1H3. The van der Waals surface area contributed by atoms with Crippen molar-refractivity contribution >= 4 is 5.82 Å². The Bertz CT molecular complexity index is 901. The van der Waals surface area contributed by atoms with Gasteiger partial charge >= 0.3 is 0 Å². The molecule has 0 aliphatic carbocycles. The molecule has 32 heavy (non-hydrogen) atoms. The van der Waals surface area contributed by atoms with Crippen LogP contribution in [0.1, 0.15) is 49.7 Å². The molecule has 1 aromatic carbocycles. The van der Waals surface area contributed by atoms with Gasteiger partial charge < -0.3 is 19.8 Å². The maximum Gasteiger partial charge on any atom is 0.161 e. The van der Waals surface area contributed by atoms with E-state index in [1.165, 1.54) is 50.9 Å². The van der Waals surface area contributed by atoms with Crippen LogP contribution >= 0.6 is 0 Å². The molecule has 2 fully saturated rings. The molecule has 0 amide bonds. The third-order valence-electron chi connectivity index (χ3n) is 7.61. The fourth-order valence-corrected chi connectivity index (χ4v) is 5.47. The third kappa shape index (κ3) is 4.68. The van der Waals surface area contributed by atoms with Crippen molar-refractivity contribution in [3.63, 3.8) is 0 Å². The van der Waals surface area contributed by atoms with Crippen LogP contribution in [0.25, 0.3) is 11.4 Å². The van der Waals surface area contributed by atoms with E-state index >= 15 is 0 Å². The Balaban J connectivity index is 1.29. The van der Waals surface area contributed by atoms with Gasteiger partial charge in [0.25, 0.3) is 0 Å².